The lowest BCUT2D eigenvalue weighted by Gasteiger charge is -2.28. The molecule has 1 aliphatic rings. The minimum Gasteiger partial charge on any atom is -0.489 e. The molecule has 34 heavy (non-hydrogen) atoms. The Morgan fingerprint density at radius 3 is 2.71 bits per heavy atom. The standard InChI is InChI=1S/C26H30N4O3S/c1-5-6-14-34-26-28-25-27-18(3)22(24(31)32-4)23(30(25)29-26)20-8-7-9-21(15-20)33-16-19-12-10-17(2)11-13-19/h7-13,15,23H,5-6,14,16H2,1-4H3,(H,27,28,29). The first-order chi connectivity index (χ1) is 16.5. The van der Waals surface area contributed by atoms with Gasteiger partial charge in [-0.05, 0) is 43.5 Å². The van der Waals surface area contributed by atoms with E-state index in [4.69, 9.17) is 14.6 Å². The van der Waals surface area contributed by atoms with Crippen molar-refractivity contribution in [3.05, 3.63) is 76.5 Å². The number of thioether (sulfide) groups is 1. The SMILES string of the molecule is CCCCSc1nc2n(n1)C(c1cccc(OCc3ccc(C)cc3)c1)C(C(=O)OC)=C(C)N2. The summed E-state index contributed by atoms with van der Waals surface area (Å²) in [4.78, 5) is 17.5. The molecule has 0 radical (unpaired) electrons. The number of benzene rings is 2. The van der Waals surface area contributed by atoms with E-state index in [0.29, 0.717) is 29.0 Å². The van der Waals surface area contributed by atoms with Crippen LogP contribution in [0.1, 0.15) is 49.4 Å². The van der Waals surface area contributed by atoms with Gasteiger partial charge in [0.2, 0.25) is 11.1 Å². The maximum Gasteiger partial charge on any atom is 0.338 e. The van der Waals surface area contributed by atoms with E-state index in [1.807, 2.05) is 31.2 Å². The summed E-state index contributed by atoms with van der Waals surface area (Å²) in [6.07, 6.45) is 2.21. The number of rotatable bonds is 9. The van der Waals surface area contributed by atoms with Gasteiger partial charge in [-0.25, -0.2) is 9.48 Å². The molecular weight excluding hydrogens is 448 g/mol. The first kappa shape index (κ1) is 23.9. The number of hydrogen-bond acceptors (Lipinski definition) is 7. The second-order valence-corrected chi connectivity index (χ2v) is 9.33. The first-order valence-electron chi connectivity index (χ1n) is 11.4. The van der Waals surface area contributed by atoms with Crippen LogP contribution in [0.25, 0.3) is 0 Å². The van der Waals surface area contributed by atoms with Crippen LogP contribution in [0.5, 0.6) is 5.75 Å². The summed E-state index contributed by atoms with van der Waals surface area (Å²) in [5.74, 6) is 1.88. The molecule has 1 N–H and O–H groups in total. The molecule has 0 spiro atoms. The Bertz CT molecular complexity index is 1190. The van der Waals surface area contributed by atoms with Gasteiger partial charge in [0.1, 0.15) is 18.4 Å². The Morgan fingerprint density at radius 1 is 1.18 bits per heavy atom. The number of allylic oxidation sites excluding steroid dienone is 1. The lowest BCUT2D eigenvalue weighted by atomic mass is 9.95. The fourth-order valence-corrected chi connectivity index (χ4v) is 4.72. The molecule has 178 valence electrons. The van der Waals surface area contributed by atoms with Gasteiger partial charge in [0.05, 0.1) is 12.7 Å². The van der Waals surface area contributed by atoms with E-state index in [9.17, 15) is 4.79 Å². The summed E-state index contributed by atoms with van der Waals surface area (Å²) in [6, 6.07) is 15.6. The van der Waals surface area contributed by atoms with Crippen molar-refractivity contribution in [2.24, 2.45) is 0 Å². The number of esters is 1. The zero-order chi connectivity index (χ0) is 24.1. The highest BCUT2D eigenvalue weighted by atomic mass is 32.2. The van der Waals surface area contributed by atoms with Crippen molar-refractivity contribution in [3.8, 4) is 5.75 Å². The zero-order valence-corrected chi connectivity index (χ0v) is 20.8. The second kappa shape index (κ2) is 10.8. The molecule has 0 bridgehead atoms. The number of unbranched alkanes of at least 4 members (excludes halogenated alkanes) is 1. The number of anilines is 1. The molecule has 0 fully saturated rings. The van der Waals surface area contributed by atoms with Crippen LogP contribution in [0.4, 0.5) is 5.95 Å². The minimum absolute atomic E-state index is 0.401. The van der Waals surface area contributed by atoms with E-state index in [0.717, 1.165) is 35.5 Å². The molecule has 0 amide bonds. The van der Waals surface area contributed by atoms with Crippen LogP contribution in [0.15, 0.2) is 65.0 Å². The van der Waals surface area contributed by atoms with Crippen molar-refractivity contribution < 1.29 is 14.3 Å². The Kier molecular flexibility index (Phi) is 7.57. The Labute approximate surface area is 204 Å². The van der Waals surface area contributed by atoms with Gasteiger partial charge in [-0.2, -0.15) is 4.98 Å². The van der Waals surface area contributed by atoms with Crippen molar-refractivity contribution in [2.45, 2.75) is 51.4 Å². The summed E-state index contributed by atoms with van der Waals surface area (Å²) in [5.41, 5.74) is 4.38. The van der Waals surface area contributed by atoms with Gasteiger partial charge in [0.15, 0.2) is 0 Å². The predicted molar refractivity (Wildman–Crippen MR) is 134 cm³/mol. The van der Waals surface area contributed by atoms with Gasteiger partial charge in [-0.3, -0.25) is 0 Å². The van der Waals surface area contributed by atoms with Crippen LogP contribution in [0.2, 0.25) is 0 Å². The third-order valence-electron chi connectivity index (χ3n) is 5.67. The van der Waals surface area contributed by atoms with Crippen molar-refractivity contribution in [3.63, 3.8) is 0 Å². The maximum atomic E-state index is 12.8. The summed E-state index contributed by atoms with van der Waals surface area (Å²) in [5, 5.41) is 8.65. The normalized spacial score (nSPS) is 15.0. The molecule has 7 nitrogen and oxygen atoms in total. The number of nitrogens with zero attached hydrogens (tertiary/aromatic N) is 3. The van der Waals surface area contributed by atoms with Gasteiger partial charge >= 0.3 is 5.97 Å². The number of aryl methyl sites for hydroxylation is 1. The van der Waals surface area contributed by atoms with Gasteiger partial charge in [0.25, 0.3) is 0 Å². The summed E-state index contributed by atoms with van der Waals surface area (Å²) in [6.45, 7) is 6.54. The molecule has 4 rings (SSSR count). The number of hydrogen-bond donors (Lipinski definition) is 1. The number of carbonyl (C=O) groups is 1. The third kappa shape index (κ3) is 5.28. The van der Waals surface area contributed by atoms with Crippen LogP contribution in [0.3, 0.4) is 0 Å². The number of methoxy groups -OCH3 is 1. The summed E-state index contributed by atoms with van der Waals surface area (Å²) in [7, 11) is 1.39. The van der Waals surface area contributed by atoms with Crippen LogP contribution in [0, 0.1) is 6.92 Å². The van der Waals surface area contributed by atoms with E-state index in [2.05, 4.69) is 48.4 Å². The monoisotopic (exact) mass is 478 g/mol. The molecule has 1 unspecified atom stereocenters. The highest BCUT2D eigenvalue weighted by Gasteiger charge is 2.35. The molecule has 8 heteroatoms. The number of fused-ring (bicyclic) bond motifs is 1. The van der Waals surface area contributed by atoms with Gasteiger partial charge in [-0.1, -0.05) is 67.1 Å². The Morgan fingerprint density at radius 2 is 1.97 bits per heavy atom. The Balaban J connectivity index is 1.65. The second-order valence-electron chi connectivity index (χ2n) is 8.27. The van der Waals surface area contributed by atoms with Crippen LogP contribution in [-0.2, 0) is 16.1 Å². The van der Waals surface area contributed by atoms with E-state index in [1.54, 1.807) is 16.4 Å². The molecule has 2 heterocycles. The van der Waals surface area contributed by atoms with Crippen LogP contribution >= 0.6 is 11.8 Å². The summed E-state index contributed by atoms with van der Waals surface area (Å²) < 4.78 is 13.0. The highest BCUT2D eigenvalue weighted by Crippen LogP contribution is 2.37. The quantitative estimate of drug-likeness (QED) is 0.246. The van der Waals surface area contributed by atoms with E-state index < -0.39 is 12.0 Å². The highest BCUT2D eigenvalue weighted by molar-refractivity contribution is 7.99. The molecule has 1 aromatic heterocycles. The first-order valence-corrected chi connectivity index (χ1v) is 12.4. The lowest BCUT2D eigenvalue weighted by Crippen LogP contribution is -2.29. The molecular formula is C26H30N4O3S. The van der Waals surface area contributed by atoms with Crippen LogP contribution in [-0.4, -0.2) is 33.6 Å². The Hall–Kier alpha value is -3.26. The molecule has 0 saturated carbocycles. The number of carbonyl (C=O) groups excluding carboxylic acids is 1. The van der Waals surface area contributed by atoms with E-state index >= 15 is 0 Å². The van der Waals surface area contributed by atoms with Crippen molar-refractivity contribution in [1.82, 2.24) is 14.8 Å². The number of nitrogens with one attached hydrogen (secondary N) is 1. The largest absolute Gasteiger partial charge is 0.489 e. The maximum absolute atomic E-state index is 12.8. The van der Waals surface area contributed by atoms with Gasteiger partial charge in [-0.15, -0.1) is 5.10 Å². The predicted octanol–water partition coefficient (Wildman–Crippen LogP) is 5.52. The molecule has 0 aliphatic carbocycles. The van der Waals surface area contributed by atoms with Crippen molar-refractivity contribution in [2.75, 3.05) is 18.2 Å². The topological polar surface area (TPSA) is 78.3 Å². The molecule has 3 aromatic rings. The lowest BCUT2D eigenvalue weighted by molar-refractivity contribution is -0.136. The van der Waals surface area contributed by atoms with E-state index in [1.165, 1.54) is 12.7 Å². The molecule has 0 saturated heterocycles. The molecule has 1 atom stereocenters. The van der Waals surface area contributed by atoms with Crippen molar-refractivity contribution in [1.29, 1.82) is 0 Å². The number of aromatic nitrogens is 3. The fourth-order valence-electron chi connectivity index (χ4n) is 3.81. The fraction of sp³-hybridized carbons (Fsp3) is 0.346. The minimum atomic E-state index is -0.473. The van der Waals surface area contributed by atoms with Crippen LogP contribution < -0.4 is 10.1 Å². The zero-order valence-electron chi connectivity index (χ0n) is 20.0. The van der Waals surface area contributed by atoms with Gasteiger partial charge in [0, 0.05) is 11.4 Å². The third-order valence-corrected chi connectivity index (χ3v) is 6.59. The average Bonchev–Trinajstić information content (AvgIpc) is 3.24. The average molecular weight is 479 g/mol. The number of ether oxygens (including phenoxy) is 2. The molecule has 2 aromatic carbocycles. The van der Waals surface area contributed by atoms with Crippen molar-refractivity contribution >= 4 is 23.7 Å². The van der Waals surface area contributed by atoms with E-state index in [-0.39, 0.29) is 0 Å². The summed E-state index contributed by atoms with van der Waals surface area (Å²) >= 11 is 1.62. The smallest absolute Gasteiger partial charge is 0.338 e. The molecule has 1 aliphatic heterocycles. The van der Waals surface area contributed by atoms with Gasteiger partial charge < -0.3 is 14.8 Å².